The number of hydrogen-bond acceptors (Lipinski definition) is 2. The molecule has 0 saturated carbocycles. The second-order valence-electron chi connectivity index (χ2n) is 4.54. The summed E-state index contributed by atoms with van der Waals surface area (Å²) in [6.45, 7) is 4.75. The molecule has 6 heteroatoms. The van der Waals surface area contributed by atoms with Gasteiger partial charge in [0.05, 0.1) is 5.56 Å². The van der Waals surface area contributed by atoms with Crippen LogP contribution in [0.15, 0.2) is 22.7 Å². The average molecular weight is 332 g/mol. The first-order valence-electron chi connectivity index (χ1n) is 5.72. The van der Waals surface area contributed by atoms with Crippen LogP contribution < -0.4 is 0 Å². The zero-order chi connectivity index (χ0) is 14.8. The summed E-state index contributed by atoms with van der Waals surface area (Å²) in [5, 5.41) is 9.18. The summed E-state index contributed by atoms with van der Waals surface area (Å²) in [6, 6.07) is 3.73. The fraction of sp³-hybridized carbons (Fsp3) is 0.385. The van der Waals surface area contributed by atoms with Gasteiger partial charge in [-0.15, -0.1) is 0 Å². The molecule has 1 aromatic rings. The van der Waals surface area contributed by atoms with Crippen molar-refractivity contribution in [2.45, 2.75) is 26.3 Å². The van der Waals surface area contributed by atoms with Gasteiger partial charge in [0.25, 0.3) is 5.91 Å². The van der Waals surface area contributed by atoms with E-state index in [2.05, 4.69) is 15.9 Å². The smallest absolute Gasteiger partial charge is 0.329 e. The monoisotopic (exact) mass is 331 g/mol. The predicted molar refractivity (Wildman–Crippen MR) is 72.5 cm³/mol. The summed E-state index contributed by atoms with van der Waals surface area (Å²) in [7, 11) is 0. The Morgan fingerprint density at radius 3 is 2.47 bits per heavy atom. The van der Waals surface area contributed by atoms with Crippen molar-refractivity contribution in [2.75, 3.05) is 6.54 Å². The van der Waals surface area contributed by atoms with Crippen LogP contribution in [0.5, 0.6) is 0 Å². The summed E-state index contributed by atoms with van der Waals surface area (Å²) in [6.07, 6.45) is 0. The molecule has 0 unspecified atom stereocenters. The molecule has 0 aromatic heterocycles. The molecule has 0 radical (unpaired) electrons. The topological polar surface area (TPSA) is 57.6 Å². The fourth-order valence-electron chi connectivity index (χ4n) is 1.71. The van der Waals surface area contributed by atoms with E-state index >= 15 is 0 Å². The van der Waals surface area contributed by atoms with E-state index < -0.39 is 23.2 Å². The molecule has 4 nitrogen and oxygen atoms in total. The number of hydrogen-bond donors (Lipinski definition) is 1. The van der Waals surface area contributed by atoms with E-state index in [0.717, 1.165) is 6.07 Å². The number of carboxylic acids is 1. The Balaban J connectivity index is 3.23. The highest BCUT2D eigenvalue weighted by atomic mass is 79.9. The highest BCUT2D eigenvalue weighted by Crippen LogP contribution is 2.24. The lowest BCUT2D eigenvalue weighted by molar-refractivity contribution is -0.147. The normalized spacial score (nSPS) is 11.2. The number of carbonyl (C=O) groups excluding carboxylic acids is 1. The number of likely N-dealkylation sites (N-methyl/N-ethyl adjacent to an activating group) is 1. The number of carboxylic acid groups (broad SMARTS) is 1. The Bertz CT molecular complexity index is 517. The maximum Gasteiger partial charge on any atom is 0.329 e. The summed E-state index contributed by atoms with van der Waals surface area (Å²) in [5.74, 6) is -2.19. The van der Waals surface area contributed by atoms with Crippen LogP contribution in [-0.4, -0.2) is 34.0 Å². The van der Waals surface area contributed by atoms with Crippen LogP contribution in [0.2, 0.25) is 0 Å². The van der Waals surface area contributed by atoms with Crippen LogP contribution in [0.4, 0.5) is 4.39 Å². The second-order valence-corrected chi connectivity index (χ2v) is 5.39. The van der Waals surface area contributed by atoms with Crippen molar-refractivity contribution in [2.24, 2.45) is 0 Å². The third-order valence-corrected chi connectivity index (χ3v) is 3.61. The van der Waals surface area contributed by atoms with E-state index in [0.29, 0.717) is 4.47 Å². The van der Waals surface area contributed by atoms with Crippen molar-refractivity contribution in [1.29, 1.82) is 0 Å². The van der Waals surface area contributed by atoms with Crippen molar-refractivity contribution in [3.8, 4) is 0 Å². The standard InChI is InChI=1S/C13H15BrFNO3/c1-4-16(13(2,3)12(18)19)11(17)9-7-8(15)5-6-10(9)14/h5-7H,4H2,1-3H3,(H,18,19). The first-order chi connectivity index (χ1) is 8.71. The summed E-state index contributed by atoms with van der Waals surface area (Å²) >= 11 is 3.17. The molecule has 1 N–H and O–H groups in total. The van der Waals surface area contributed by atoms with Crippen molar-refractivity contribution in [3.63, 3.8) is 0 Å². The molecular formula is C13H15BrFNO3. The van der Waals surface area contributed by atoms with Gasteiger partial charge >= 0.3 is 5.97 Å². The Labute approximate surface area is 119 Å². The number of amides is 1. The summed E-state index contributed by atoms with van der Waals surface area (Å²) < 4.78 is 13.7. The number of aliphatic carboxylic acids is 1. The Hall–Kier alpha value is -1.43. The summed E-state index contributed by atoms with van der Waals surface area (Å²) in [5.41, 5.74) is -1.26. The van der Waals surface area contributed by atoms with Crippen LogP contribution >= 0.6 is 15.9 Å². The molecule has 0 saturated heterocycles. The molecular weight excluding hydrogens is 317 g/mol. The van der Waals surface area contributed by atoms with E-state index in [4.69, 9.17) is 0 Å². The Morgan fingerprint density at radius 2 is 2.00 bits per heavy atom. The summed E-state index contributed by atoms with van der Waals surface area (Å²) in [4.78, 5) is 24.8. The lowest BCUT2D eigenvalue weighted by Crippen LogP contribution is -2.53. The van der Waals surface area contributed by atoms with Gasteiger partial charge in [-0.2, -0.15) is 0 Å². The van der Waals surface area contributed by atoms with Gasteiger partial charge in [-0.05, 0) is 54.9 Å². The first-order valence-corrected chi connectivity index (χ1v) is 6.51. The molecule has 0 aliphatic rings. The van der Waals surface area contributed by atoms with Crippen molar-refractivity contribution < 1.29 is 19.1 Å². The fourth-order valence-corrected chi connectivity index (χ4v) is 2.13. The van der Waals surface area contributed by atoms with Crippen LogP contribution in [0.1, 0.15) is 31.1 Å². The van der Waals surface area contributed by atoms with E-state index in [-0.39, 0.29) is 12.1 Å². The predicted octanol–water partition coefficient (Wildman–Crippen LogP) is 2.91. The Morgan fingerprint density at radius 1 is 1.42 bits per heavy atom. The van der Waals surface area contributed by atoms with Crippen LogP contribution in [0.3, 0.4) is 0 Å². The first kappa shape index (κ1) is 15.6. The quantitative estimate of drug-likeness (QED) is 0.922. The van der Waals surface area contributed by atoms with Crippen LogP contribution in [0.25, 0.3) is 0 Å². The number of nitrogens with zero attached hydrogens (tertiary/aromatic N) is 1. The van der Waals surface area contributed by atoms with Gasteiger partial charge in [0.15, 0.2) is 0 Å². The average Bonchev–Trinajstić information content (AvgIpc) is 2.32. The van der Waals surface area contributed by atoms with Crippen LogP contribution in [-0.2, 0) is 4.79 Å². The number of carbonyl (C=O) groups is 2. The minimum atomic E-state index is -1.36. The Kier molecular flexibility index (Phi) is 4.68. The zero-order valence-electron chi connectivity index (χ0n) is 10.9. The van der Waals surface area contributed by atoms with E-state index in [9.17, 15) is 19.1 Å². The molecule has 104 valence electrons. The SMILES string of the molecule is CCN(C(=O)c1cc(F)ccc1Br)C(C)(C)C(=O)O. The van der Waals surface area contributed by atoms with Gasteiger partial charge in [0.2, 0.25) is 0 Å². The van der Waals surface area contributed by atoms with Crippen molar-refractivity contribution >= 4 is 27.8 Å². The van der Waals surface area contributed by atoms with Gasteiger partial charge in [0.1, 0.15) is 11.4 Å². The largest absolute Gasteiger partial charge is 0.480 e. The molecule has 0 atom stereocenters. The number of benzene rings is 1. The number of rotatable bonds is 4. The highest BCUT2D eigenvalue weighted by Gasteiger charge is 2.37. The third-order valence-electron chi connectivity index (χ3n) is 2.92. The van der Waals surface area contributed by atoms with Crippen LogP contribution in [0, 0.1) is 5.82 Å². The molecule has 0 aliphatic carbocycles. The molecule has 19 heavy (non-hydrogen) atoms. The molecule has 0 fully saturated rings. The lowest BCUT2D eigenvalue weighted by Gasteiger charge is -2.34. The van der Waals surface area contributed by atoms with E-state index in [1.54, 1.807) is 6.92 Å². The third kappa shape index (κ3) is 3.12. The molecule has 1 rings (SSSR count). The van der Waals surface area contributed by atoms with Gasteiger partial charge in [-0.3, -0.25) is 4.79 Å². The van der Waals surface area contributed by atoms with Crippen molar-refractivity contribution in [1.82, 2.24) is 4.90 Å². The van der Waals surface area contributed by atoms with Gasteiger partial charge in [-0.25, -0.2) is 9.18 Å². The molecule has 0 spiro atoms. The van der Waals surface area contributed by atoms with Gasteiger partial charge in [0, 0.05) is 11.0 Å². The second kappa shape index (κ2) is 5.69. The molecule has 1 amide bonds. The zero-order valence-corrected chi connectivity index (χ0v) is 12.5. The maximum absolute atomic E-state index is 13.2. The van der Waals surface area contributed by atoms with Gasteiger partial charge < -0.3 is 10.0 Å². The highest BCUT2D eigenvalue weighted by molar-refractivity contribution is 9.10. The van der Waals surface area contributed by atoms with Gasteiger partial charge in [-0.1, -0.05) is 0 Å². The maximum atomic E-state index is 13.2. The lowest BCUT2D eigenvalue weighted by atomic mass is 10.0. The van der Waals surface area contributed by atoms with E-state index in [1.807, 2.05) is 0 Å². The van der Waals surface area contributed by atoms with E-state index in [1.165, 1.54) is 30.9 Å². The molecule has 0 aliphatic heterocycles. The number of halogens is 2. The molecule has 0 heterocycles. The van der Waals surface area contributed by atoms with Crippen molar-refractivity contribution in [3.05, 3.63) is 34.1 Å². The molecule has 1 aromatic carbocycles. The minimum Gasteiger partial charge on any atom is -0.480 e. The minimum absolute atomic E-state index is 0.108. The molecule has 0 bridgehead atoms.